The lowest BCUT2D eigenvalue weighted by molar-refractivity contribution is -0.0448. The van der Waals surface area contributed by atoms with Crippen LogP contribution >= 0.6 is 0 Å². The quantitative estimate of drug-likeness (QED) is 0.618. The number of fused-ring (bicyclic) bond motifs is 1. The molecule has 1 heterocycles. The van der Waals surface area contributed by atoms with Crippen molar-refractivity contribution in [1.82, 2.24) is 4.98 Å². The van der Waals surface area contributed by atoms with E-state index >= 15 is 0 Å². The smallest absolute Gasteiger partial charge is 0.194 e. The number of aromatic amines is 1. The van der Waals surface area contributed by atoms with Gasteiger partial charge in [0.15, 0.2) is 6.29 Å². The fraction of sp³-hybridized carbons (Fsp3) is 0.0667. The van der Waals surface area contributed by atoms with Gasteiger partial charge in [-0.3, -0.25) is 0 Å². The van der Waals surface area contributed by atoms with Crippen molar-refractivity contribution in [1.29, 1.82) is 0 Å². The minimum absolute atomic E-state index is 0.313. The first kappa shape index (κ1) is 11.9. The summed E-state index contributed by atoms with van der Waals surface area (Å²) in [6.07, 6.45) is -1.60. The maximum atomic E-state index is 13.0. The van der Waals surface area contributed by atoms with E-state index < -0.39 is 6.29 Å². The van der Waals surface area contributed by atoms with Gasteiger partial charge in [-0.15, -0.1) is 0 Å². The molecular formula is C15H12FNO2. The summed E-state index contributed by atoms with van der Waals surface area (Å²) < 4.78 is 13.0. The fourth-order valence-electron chi connectivity index (χ4n) is 2.28. The van der Waals surface area contributed by atoms with Crippen molar-refractivity contribution in [3.8, 4) is 11.1 Å². The molecule has 0 bridgehead atoms. The van der Waals surface area contributed by atoms with E-state index in [1.807, 2.05) is 24.3 Å². The van der Waals surface area contributed by atoms with Crippen molar-refractivity contribution in [2.45, 2.75) is 6.29 Å². The molecule has 3 nitrogen and oxygen atoms in total. The third-order valence-electron chi connectivity index (χ3n) is 3.13. The summed E-state index contributed by atoms with van der Waals surface area (Å²) in [5, 5.41) is 19.8. The van der Waals surface area contributed by atoms with E-state index in [1.165, 1.54) is 12.1 Å². The molecule has 0 fully saturated rings. The number of hydrogen-bond donors (Lipinski definition) is 3. The predicted molar refractivity (Wildman–Crippen MR) is 70.9 cm³/mol. The van der Waals surface area contributed by atoms with E-state index in [0.717, 1.165) is 16.5 Å². The van der Waals surface area contributed by atoms with Gasteiger partial charge in [0, 0.05) is 16.5 Å². The van der Waals surface area contributed by atoms with Gasteiger partial charge in [0.05, 0.1) is 5.69 Å². The van der Waals surface area contributed by atoms with E-state index in [9.17, 15) is 14.6 Å². The van der Waals surface area contributed by atoms with Gasteiger partial charge in [0.2, 0.25) is 0 Å². The van der Waals surface area contributed by atoms with Crippen LogP contribution in [-0.2, 0) is 0 Å². The van der Waals surface area contributed by atoms with Crippen molar-refractivity contribution >= 4 is 10.9 Å². The van der Waals surface area contributed by atoms with Crippen molar-refractivity contribution < 1.29 is 14.6 Å². The van der Waals surface area contributed by atoms with Gasteiger partial charge in [0.25, 0.3) is 0 Å². The molecule has 0 atom stereocenters. The maximum absolute atomic E-state index is 13.0. The lowest BCUT2D eigenvalue weighted by Gasteiger charge is -2.06. The van der Waals surface area contributed by atoms with Crippen LogP contribution in [0.5, 0.6) is 0 Å². The Kier molecular flexibility index (Phi) is 2.81. The zero-order chi connectivity index (χ0) is 13.4. The Morgan fingerprint density at radius 2 is 1.63 bits per heavy atom. The Bertz CT molecular complexity index is 717. The molecule has 1 aromatic heterocycles. The molecule has 0 aliphatic carbocycles. The second-order valence-electron chi connectivity index (χ2n) is 4.34. The molecular weight excluding hydrogens is 245 g/mol. The Hall–Kier alpha value is -2.17. The molecule has 0 unspecified atom stereocenters. The highest BCUT2D eigenvalue weighted by molar-refractivity contribution is 5.97. The minimum Gasteiger partial charge on any atom is -0.363 e. The summed E-state index contributed by atoms with van der Waals surface area (Å²) in [5.74, 6) is -0.324. The summed E-state index contributed by atoms with van der Waals surface area (Å²) in [6, 6.07) is 13.4. The van der Waals surface area contributed by atoms with Crippen LogP contribution < -0.4 is 0 Å². The molecule has 0 saturated heterocycles. The number of aliphatic hydroxyl groups is 2. The number of halogens is 1. The molecule has 3 aromatic rings. The number of hydrogen-bond acceptors (Lipinski definition) is 2. The monoisotopic (exact) mass is 257 g/mol. The molecule has 4 heteroatoms. The minimum atomic E-state index is -1.60. The number of aliphatic hydroxyl groups excluding tert-OH is 1. The SMILES string of the molecule is OC(O)c1[nH]c2ccccc2c1-c1ccc(F)cc1. The van der Waals surface area contributed by atoms with Gasteiger partial charge in [-0.2, -0.15) is 0 Å². The first-order chi connectivity index (χ1) is 9.16. The van der Waals surface area contributed by atoms with Gasteiger partial charge < -0.3 is 15.2 Å². The van der Waals surface area contributed by atoms with E-state index in [2.05, 4.69) is 4.98 Å². The molecule has 0 aliphatic rings. The Labute approximate surface area is 108 Å². The third-order valence-corrected chi connectivity index (χ3v) is 3.13. The molecule has 2 aromatic carbocycles. The summed E-state index contributed by atoms with van der Waals surface area (Å²) in [4.78, 5) is 2.98. The largest absolute Gasteiger partial charge is 0.363 e. The Morgan fingerprint density at radius 3 is 2.32 bits per heavy atom. The van der Waals surface area contributed by atoms with Crippen LogP contribution in [0, 0.1) is 5.82 Å². The molecule has 19 heavy (non-hydrogen) atoms. The van der Waals surface area contributed by atoms with Gasteiger partial charge >= 0.3 is 0 Å². The highest BCUT2D eigenvalue weighted by Gasteiger charge is 2.17. The van der Waals surface area contributed by atoms with Gasteiger partial charge in [-0.05, 0) is 23.8 Å². The van der Waals surface area contributed by atoms with Crippen LogP contribution in [0.3, 0.4) is 0 Å². The fourth-order valence-corrected chi connectivity index (χ4v) is 2.28. The van der Waals surface area contributed by atoms with Crippen molar-refractivity contribution in [2.24, 2.45) is 0 Å². The lowest BCUT2D eigenvalue weighted by atomic mass is 10.0. The number of aromatic nitrogens is 1. The van der Waals surface area contributed by atoms with Gasteiger partial charge in [0.1, 0.15) is 5.82 Å². The highest BCUT2D eigenvalue weighted by Crippen LogP contribution is 2.34. The summed E-state index contributed by atoms with van der Waals surface area (Å²) >= 11 is 0. The predicted octanol–water partition coefficient (Wildman–Crippen LogP) is 2.96. The standard InChI is InChI=1S/C15H12FNO2/c16-10-7-5-9(6-8-10)13-11-3-1-2-4-12(11)17-14(13)15(18)19/h1-8,15,17-19H. The summed E-state index contributed by atoms with van der Waals surface area (Å²) in [6.45, 7) is 0. The van der Waals surface area contributed by atoms with Crippen LogP contribution in [0.15, 0.2) is 48.5 Å². The van der Waals surface area contributed by atoms with Crippen LogP contribution in [0.2, 0.25) is 0 Å². The van der Waals surface area contributed by atoms with Crippen LogP contribution in [0.4, 0.5) is 4.39 Å². The van der Waals surface area contributed by atoms with Gasteiger partial charge in [-0.25, -0.2) is 4.39 Å². The Morgan fingerprint density at radius 1 is 0.947 bits per heavy atom. The summed E-state index contributed by atoms with van der Waals surface area (Å²) in [7, 11) is 0. The average Bonchev–Trinajstić information content (AvgIpc) is 2.79. The van der Waals surface area contributed by atoms with Crippen molar-refractivity contribution in [3.05, 3.63) is 60.0 Å². The molecule has 0 amide bonds. The number of rotatable bonds is 2. The lowest BCUT2D eigenvalue weighted by Crippen LogP contribution is -1.97. The van der Waals surface area contributed by atoms with Crippen LogP contribution in [0.25, 0.3) is 22.0 Å². The molecule has 0 radical (unpaired) electrons. The molecule has 0 spiro atoms. The van der Waals surface area contributed by atoms with Crippen molar-refractivity contribution in [2.75, 3.05) is 0 Å². The van der Waals surface area contributed by atoms with E-state index in [0.29, 0.717) is 11.3 Å². The van der Waals surface area contributed by atoms with Crippen LogP contribution in [0.1, 0.15) is 12.0 Å². The van der Waals surface area contributed by atoms with Crippen LogP contribution in [-0.4, -0.2) is 15.2 Å². The zero-order valence-electron chi connectivity index (χ0n) is 9.97. The highest BCUT2D eigenvalue weighted by atomic mass is 19.1. The molecule has 96 valence electrons. The second kappa shape index (κ2) is 4.50. The van der Waals surface area contributed by atoms with E-state index in [4.69, 9.17) is 0 Å². The second-order valence-corrected chi connectivity index (χ2v) is 4.34. The molecule has 0 saturated carbocycles. The normalized spacial score (nSPS) is 11.4. The first-order valence-corrected chi connectivity index (χ1v) is 5.89. The van der Waals surface area contributed by atoms with Gasteiger partial charge in [-0.1, -0.05) is 30.3 Å². The molecule has 0 aliphatic heterocycles. The molecule has 3 N–H and O–H groups in total. The third kappa shape index (κ3) is 2.01. The van der Waals surface area contributed by atoms with E-state index in [-0.39, 0.29) is 5.82 Å². The topological polar surface area (TPSA) is 56.2 Å². The van der Waals surface area contributed by atoms with Crippen molar-refractivity contribution in [3.63, 3.8) is 0 Å². The molecule has 3 rings (SSSR count). The maximum Gasteiger partial charge on any atom is 0.194 e. The number of H-pyrrole nitrogens is 1. The first-order valence-electron chi connectivity index (χ1n) is 5.89. The number of nitrogens with one attached hydrogen (secondary N) is 1. The average molecular weight is 257 g/mol. The number of para-hydroxylation sites is 1. The zero-order valence-corrected chi connectivity index (χ0v) is 9.97. The van der Waals surface area contributed by atoms with E-state index in [1.54, 1.807) is 12.1 Å². The number of benzene rings is 2. The summed E-state index contributed by atoms with van der Waals surface area (Å²) in [5.41, 5.74) is 2.55. The Balaban J connectivity index is 2.31.